The molecule has 2 aliphatic rings. The molecule has 2 heterocycles. The summed E-state index contributed by atoms with van der Waals surface area (Å²) in [6.07, 6.45) is 1.33. The van der Waals surface area contributed by atoms with E-state index >= 15 is 0 Å². The van der Waals surface area contributed by atoms with Crippen LogP contribution in [-0.2, 0) is 9.47 Å². The second-order valence-electron chi connectivity index (χ2n) is 3.91. The number of nitrogens with zero attached hydrogens (tertiary/aromatic N) is 2. The summed E-state index contributed by atoms with van der Waals surface area (Å²) < 4.78 is 9.63. The molecule has 0 bridgehead atoms. The van der Waals surface area contributed by atoms with Gasteiger partial charge in [0.15, 0.2) is 0 Å². The molecule has 0 aromatic carbocycles. The third-order valence-corrected chi connectivity index (χ3v) is 2.80. The predicted octanol–water partition coefficient (Wildman–Crippen LogP) is 0.671. The van der Waals surface area contributed by atoms with Crippen LogP contribution in [0.4, 0.5) is 9.59 Å². The van der Waals surface area contributed by atoms with E-state index in [1.165, 1.54) is 0 Å². The maximum atomic E-state index is 11.1. The summed E-state index contributed by atoms with van der Waals surface area (Å²) in [5.41, 5.74) is 0. The van der Waals surface area contributed by atoms with Crippen LogP contribution in [0.3, 0.4) is 0 Å². The summed E-state index contributed by atoms with van der Waals surface area (Å²) in [6.45, 7) is 3.78. The molecule has 2 rings (SSSR count). The SMILES string of the molecule is O=C1OCCN1CCCCN1CCOC1=O. The minimum atomic E-state index is -0.222. The van der Waals surface area contributed by atoms with E-state index < -0.39 is 0 Å². The Morgan fingerprint density at radius 2 is 1.31 bits per heavy atom. The molecule has 90 valence electrons. The third-order valence-electron chi connectivity index (χ3n) is 2.80. The highest BCUT2D eigenvalue weighted by Gasteiger charge is 2.23. The van der Waals surface area contributed by atoms with Gasteiger partial charge >= 0.3 is 12.2 Å². The van der Waals surface area contributed by atoms with E-state index in [1.807, 2.05) is 0 Å². The van der Waals surface area contributed by atoms with Crippen molar-refractivity contribution in [1.82, 2.24) is 9.80 Å². The zero-order valence-electron chi connectivity index (χ0n) is 9.18. The number of unbranched alkanes of at least 4 members (excludes halogenated alkanes) is 1. The average Bonchev–Trinajstić information content (AvgIpc) is 2.84. The van der Waals surface area contributed by atoms with Crippen LogP contribution in [0.5, 0.6) is 0 Å². The van der Waals surface area contributed by atoms with Crippen molar-refractivity contribution in [2.24, 2.45) is 0 Å². The van der Waals surface area contributed by atoms with Crippen molar-refractivity contribution < 1.29 is 19.1 Å². The van der Waals surface area contributed by atoms with Gasteiger partial charge in [0.1, 0.15) is 13.2 Å². The summed E-state index contributed by atoms with van der Waals surface area (Å²) in [7, 11) is 0. The van der Waals surface area contributed by atoms with E-state index in [-0.39, 0.29) is 12.2 Å². The molecular formula is C10H16N2O4. The minimum Gasteiger partial charge on any atom is -0.448 e. The number of rotatable bonds is 5. The number of amides is 2. The fraction of sp³-hybridized carbons (Fsp3) is 0.800. The lowest BCUT2D eigenvalue weighted by atomic mass is 10.3. The number of carbonyl (C=O) groups is 2. The summed E-state index contributed by atoms with van der Waals surface area (Å²) >= 11 is 0. The van der Waals surface area contributed by atoms with E-state index in [0.29, 0.717) is 39.4 Å². The first-order valence-electron chi connectivity index (χ1n) is 5.61. The molecule has 2 aliphatic heterocycles. The molecule has 0 aromatic heterocycles. The van der Waals surface area contributed by atoms with Gasteiger partial charge in [-0.1, -0.05) is 0 Å². The molecule has 0 radical (unpaired) electrons. The highest BCUT2D eigenvalue weighted by Crippen LogP contribution is 2.08. The number of hydrogen-bond acceptors (Lipinski definition) is 4. The second-order valence-corrected chi connectivity index (χ2v) is 3.91. The Kier molecular flexibility index (Phi) is 3.48. The molecule has 0 atom stereocenters. The Balaban J connectivity index is 1.58. The smallest absolute Gasteiger partial charge is 0.409 e. The van der Waals surface area contributed by atoms with Crippen molar-refractivity contribution in [3.63, 3.8) is 0 Å². The summed E-state index contributed by atoms with van der Waals surface area (Å²) in [5, 5.41) is 0. The first kappa shape index (κ1) is 11.0. The zero-order chi connectivity index (χ0) is 11.4. The van der Waals surface area contributed by atoms with Crippen LogP contribution in [0.2, 0.25) is 0 Å². The Hall–Kier alpha value is -1.46. The normalized spacial score (nSPS) is 20.2. The van der Waals surface area contributed by atoms with Crippen LogP contribution in [0.1, 0.15) is 12.8 Å². The van der Waals surface area contributed by atoms with E-state index in [2.05, 4.69) is 0 Å². The number of hydrogen-bond donors (Lipinski definition) is 0. The van der Waals surface area contributed by atoms with Gasteiger partial charge in [-0.25, -0.2) is 9.59 Å². The highest BCUT2D eigenvalue weighted by molar-refractivity contribution is 5.69. The van der Waals surface area contributed by atoms with Crippen molar-refractivity contribution in [2.45, 2.75) is 12.8 Å². The van der Waals surface area contributed by atoms with E-state index in [4.69, 9.17) is 9.47 Å². The molecule has 2 amide bonds. The van der Waals surface area contributed by atoms with Gasteiger partial charge in [-0.3, -0.25) is 0 Å². The molecule has 6 nitrogen and oxygen atoms in total. The van der Waals surface area contributed by atoms with Gasteiger partial charge in [0.25, 0.3) is 0 Å². The molecule has 0 saturated carbocycles. The molecule has 0 aliphatic carbocycles. The summed E-state index contributed by atoms with van der Waals surface area (Å²) in [4.78, 5) is 25.6. The standard InChI is InChI=1S/C10H16N2O4/c13-9-11(5-7-15-9)3-1-2-4-12-6-8-16-10(12)14/h1-8H2. The molecule has 2 saturated heterocycles. The Morgan fingerprint density at radius 3 is 1.62 bits per heavy atom. The fourth-order valence-electron chi connectivity index (χ4n) is 1.86. The first-order chi connectivity index (χ1) is 7.77. The fourth-order valence-corrected chi connectivity index (χ4v) is 1.86. The van der Waals surface area contributed by atoms with Gasteiger partial charge in [-0.2, -0.15) is 0 Å². The third kappa shape index (κ3) is 2.56. The van der Waals surface area contributed by atoms with Gasteiger partial charge in [0.05, 0.1) is 13.1 Å². The van der Waals surface area contributed by atoms with Crippen LogP contribution in [0.15, 0.2) is 0 Å². The summed E-state index contributed by atoms with van der Waals surface area (Å²) in [5.74, 6) is 0. The monoisotopic (exact) mass is 228 g/mol. The number of carbonyl (C=O) groups excluding carboxylic acids is 2. The maximum Gasteiger partial charge on any atom is 0.409 e. The van der Waals surface area contributed by atoms with Gasteiger partial charge < -0.3 is 19.3 Å². The Morgan fingerprint density at radius 1 is 0.875 bits per heavy atom. The van der Waals surface area contributed by atoms with Gasteiger partial charge in [-0.15, -0.1) is 0 Å². The lowest BCUT2D eigenvalue weighted by molar-refractivity contribution is 0.154. The van der Waals surface area contributed by atoms with E-state index in [1.54, 1.807) is 9.80 Å². The first-order valence-corrected chi connectivity index (χ1v) is 5.61. The lowest BCUT2D eigenvalue weighted by Gasteiger charge is -2.14. The van der Waals surface area contributed by atoms with Gasteiger partial charge in [0, 0.05) is 13.1 Å². The predicted molar refractivity (Wildman–Crippen MR) is 55.1 cm³/mol. The second kappa shape index (κ2) is 5.05. The van der Waals surface area contributed by atoms with Crippen LogP contribution in [-0.4, -0.2) is 61.4 Å². The van der Waals surface area contributed by atoms with Crippen LogP contribution in [0.25, 0.3) is 0 Å². The molecule has 0 aromatic rings. The Bertz CT molecular complexity index is 254. The molecule has 0 unspecified atom stereocenters. The molecule has 6 heteroatoms. The minimum absolute atomic E-state index is 0.222. The van der Waals surface area contributed by atoms with Crippen molar-refractivity contribution in [3.05, 3.63) is 0 Å². The number of cyclic esters (lactones) is 2. The topological polar surface area (TPSA) is 59.1 Å². The van der Waals surface area contributed by atoms with Crippen LogP contribution >= 0.6 is 0 Å². The zero-order valence-corrected chi connectivity index (χ0v) is 9.18. The van der Waals surface area contributed by atoms with Crippen molar-refractivity contribution in [1.29, 1.82) is 0 Å². The Labute approximate surface area is 94.1 Å². The van der Waals surface area contributed by atoms with Crippen LogP contribution < -0.4 is 0 Å². The van der Waals surface area contributed by atoms with Gasteiger partial charge in [-0.05, 0) is 12.8 Å². The largest absolute Gasteiger partial charge is 0.448 e. The maximum absolute atomic E-state index is 11.1. The molecule has 0 N–H and O–H groups in total. The summed E-state index contributed by atoms with van der Waals surface area (Å²) in [6, 6.07) is 0. The quantitative estimate of drug-likeness (QED) is 0.649. The van der Waals surface area contributed by atoms with Crippen molar-refractivity contribution in [3.8, 4) is 0 Å². The molecule has 0 spiro atoms. The molecular weight excluding hydrogens is 212 g/mol. The number of ether oxygens (including phenoxy) is 2. The van der Waals surface area contributed by atoms with Gasteiger partial charge in [0.2, 0.25) is 0 Å². The van der Waals surface area contributed by atoms with Crippen LogP contribution in [0, 0.1) is 0 Å². The molecule has 16 heavy (non-hydrogen) atoms. The van der Waals surface area contributed by atoms with E-state index in [0.717, 1.165) is 12.8 Å². The average molecular weight is 228 g/mol. The van der Waals surface area contributed by atoms with E-state index in [9.17, 15) is 9.59 Å². The lowest BCUT2D eigenvalue weighted by Crippen LogP contribution is -2.28. The highest BCUT2D eigenvalue weighted by atomic mass is 16.6. The molecule has 2 fully saturated rings. The van der Waals surface area contributed by atoms with Crippen molar-refractivity contribution in [2.75, 3.05) is 39.4 Å². The van der Waals surface area contributed by atoms with Crippen molar-refractivity contribution >= 4 is 12.2 Å².